The van der Waals surface area contributed by atoms with E-state index in [0.29, 0.717) is 10.8 Å². The van der Waals surface area contributed by atoms with Gasteiger partial charge in [0.1, 0.15) is 0 Å². The van der Waals surface area contributed by atoms with Crippen LogP contribution < -0.4 is 15.1 Å². The monoisotopic (exact) mass is 406 g/mol. The van der Waals surface area contributed by atoms with Crippen LogP contribution in [0.5, 0.6) is 0 Å². The first-order chi connectivity index (χ1) is 12.2. The molecule has 0 saturated carbocycles. The number of nitrogens with zero attached hydrogens (tertiary/aromatic N) is 5. The number of likely N-dealkylation sites (N-methyl/N-ethyl adjacent to an activating group) is 1. The van der Waals surface area contributed by atoms with Crippen molar-refractivity contribution in [2.24, 2.45) is 0 Å². The van der Waals surface area contributed by atoms with Gasteiger partial charge in [-0.15, -0.1) is 0 Å². The van der Waals surface area contributed by atoms with Gasteiger partial charge in [0, 0.05) is 0 Å². The molecule has 1 aliphatic rings. The molecule has 0 aliphatic carbocycles. The average molecular weight is 405 g/mol. The number of nitrogen functional groups attached to an aromatic ring is 1. The molecule has 0 radical (unpaired) electrons. The summed E-state index contributed by atoms with van der Waals surface area (Å²) >= 11 is 0.282. The van der Waals surface area contributed by atoms with Crippen molar-refractivity contribution >= 4 is 31.3 Å². The molecule has 2 heterocycles. The molecule has 1 saturated heterocycles. The molecule has 1 aliphatic heterocycles. The maximum atomic E-state index is 6.03. The van der Waals surface area contributed by atoms with Crippen LogP contribution in [0, 0.1) is 0 Å². The fourth-order valence-electron chi connectivity index (χ4n) is 2.86. The predicted octanol–water partition coefficient (Wildman–Crippen LogP) is 1.08. The molecule has 0 spiro atoms. The third-order valence-corrected chi connectivity index (χ3v) is 6.98. The summed E-state index contributed by atoms with van der Waals surface area (Å²) in [6, 6.07) is 10.6. The van der Waals surface area contributed by atoms with E-state index in [2.05, 4.69) is 64.1 Å². The standard InChI is InChI=1S/C18H26N6Se/c1-3-7-15(25-14-8-5-4-6-9-14)16-20-17(19)22-18(21-16)24-12-10-23(2)11-13-24/h4-6,8-9,15H,3,7,10-13H2,1-2H3,(H2,19,20,21,22). The second-order valence-corrected chi connectivity index (χ2v) is 9.03. The van der Waals surface area contributed by atoms with Crippen molar-refractivity contribution in [1.82, 2.24) is 19.9 Å². The van der Waals surface area contributed by atoms with Gasteiger partial charge in [0.2, 0.25) is 0 Å². The molecule has 1 atom stereocenters. The van der Waals surface area contributed by atoms with Crippen molar-refractivity contribution in [2.75, 3.05) is 43.9 Å². The molecule has 7 heteroatoms. The van der Waals surface area contributed by atoms with Gasteiger partial charge in [0.15, 0.2) is 0 Å². The number of nitrogens with two attached hydrogens (primary N) is 1. The first kappa shape index (κ1) is 18.1. The molecule has 134 valence electrons. The molecule has 0 amide bonds. The van der Waals surface area contributed by atoms with Crippen LogP contribution in [0.1, 0.15) is 30.4 Å². The van der Waals surface area contributed by atoms with E-state index in [9.17, 15) is 0 Å². The SMILES string of the molecule is CCCC([Se]c1ccccc1)c1nc(N)nc(N2CCN(C)CC2)n1. The number of rotatable bonds is 6. The topological polar surface area (TPSA) is 71.2 Å². The third kappa shape index (κ3) is 4.91. The maximum absolute atomic E-state index is 6.03. The van der Waals surface area contributed by atoms with Gasteiger partial charge in [-0.25, -0.2) is 0 Å². The number of hydrogen-bond donors (Lipinski definition) is 1. The minimum absolute atomic E-state index is 0.282. The van der Waals surface area contributed by atoms with Gasteiger partial charge in [-0.2, -0.15) is 0 Å². The van der Waals surface area contributed by atoms with Gasteiger partial charge < -0.3 is 0 Å². The zero-order valence-electron chi connectivity index (χ0n) is 14.9. The second-order valence-electron chi connectivity index (χ2n) is 6.35. The van der Waals surface area contributed by atoms with Gasteiger partial charge in [-0.3, -0.25) is 0 Å². The van der Waals surface area contributed by atoms with Gasteiger partial charge >= 0.3 is 156 Å². The van der Waals surface area contributed by atoms with E-state index in [-0.39, 0.29) is 15.0 Å². The molecule has 2 aromatic rings. The first-order valence-electron chi connectivity index (χ1n) is 8.82. The van der Waals surface area contributed by atoms with Crippen molar-refractivity contribution in [2.45, 2.75) is 24.6 Å². The van der Waals surface area contributed by atoms with Crippen LogP contribution in [0.15, 0.2) is 30.3 Å². The zero-order chi connectivity index (χ0) is 17.6. The van der Waals surface area contributed by atoms with E-state index in [1.165, 1.54) is 4.46 Å². The molecule has 6 nitrogen and oxygen atoms in total. The van der Waals surface area contributed by atoms with Gasteiger partial charge in [-0.1, -0.05) is 0 Å². The van der Waals surface area contributed by atoms with Crippen LogP contribution in [0.2, 0.25) is 0 Å². The molecule has 3 rings (SSSR count). The molecular weight excluding hydrogens is 379 g/mol. The van der Waals surface area contributed by atoms with Crippen molar-refractivity contribution < 1.29 is 0 Å². The summed E-state index contributed by atoms with van der Waals surface area (Å²) in [5, 5.41) is 0. The quantitative estimate of drug-likeness (QED) is 0.726. The molecule has 1 aromatic heterocycles. The van der Waals surface area contributed by atoms with Crippen molar-refractivity contribution in [1.29, 1.82) is 0 Å². The summed E-state index contributed by atoms with van der Waals surface area (Å²) in [5.41, 5.74) is 6.03. The van der Waals surface area contributed by atoms with E-state index >= 15 is 0 Å². The molecule has 1 fully saturated rings. The van der Waals surface area contributed by atoms with Crippen molar-refractivity contribution in [3.8, 4) is 0 Å². The van der Waals surface area contributed by atoms with E-state index in [1.54, 1.807) is 0 Å². The molecule has 0 bridgehead atoms. The van der Waals surface area contributed by atoms with E-state index < -0.39 is 0 Å². The summed E-state index contributed by atoms with van der Waals surface area (Å²) in [6.07, 6.45) is 2.18. The third-order valence-electron chi connectivity index (χ3n) is 4.30. The molecule has 25 heavy (non-hydrogen) atoms. The Morgan fingerprint density at radius 3 is 2.48 bits per heavy atom. The van der Waals surface area contributed by atoms with Crippen molar-refractivity contribution in [3.05, 3.63) is 36.2 Å². The van der Waals surface area contributed by atoms with Crippen LogP contribution in [-0.4, -0.2) is 68.0 Å². The normalized spacial score (nSPS) is 16.8. The van der Waals surface area contributed by atoms with Crippen molar-refractivity contribution in [3.63, 3.8) is 0 Å². The summed E-state index contributed by atoms with van der Waals surface area (Å²) in [7, 11) is 2.14. The number of piperazine rings is 1. The Kier molecular flexibility index (Phi) is 6.23. The predicted molar refractivity (Wildman–Crippen MR) is 103 cm³/mol. The molecule has 1 aromatic carbocycles. The fourth-order valence-corrected chi connectivity index (χ4v) is 5.39. The summed E-state index contributed by atoms with van der Waals surface area (Å²) in [5.74, 6) is 1.93. The molecule has 1 unspecified atom stereocenters. The fraction of sp³-hybridized carbons (Fsp3) is 0.500. The van der Waals surface area contributed by atoms with Gasteiger partial charge in [0.25, 0.3) is 0 Å². The molecular formula is C18H26N6Se. The van der Waals surface area contributed by atoms with E-state index in [0.717, 1.165) is 50.8 Å². The van der Waals surface area contributed by atoms with E-state index in [1.807, 2.05) is 0 Å². The first-order valence-corrected chi connectivity index (χ1v) is 10.7. The number of hydrogen-bond acceptors (Lipinski definition) is 6. The number of aromatic nitrogens is 3. The van der Waals surface area contributed by atoms with Crippen LogP contribution in [0.25, 0.3) is 0 Å². The Hall–Kier alpha value is -1.69. The van der Waals surface area contributed by atoms with E-state index in [4.69, 9.17) is 10.7 Å². The average Bonchev–Trinajstić information content (AvgIpc) is 2.62. The molecule has 2 N–H and O–H groups in total. The van der Waals surface area contributed by atoms with Crippen LogP contribution in [0.4, 0.5) is 11.9 Å². The Bertz CT molecular complexity index is 673. The van der Waals surface area contributed by atoms with Crippen LogP contribution in [0.3, 0.4) is 0 Å². The second kappa shape index (κ2) is 8.61. The minimum atomic E-state index is 0.282. The number of anilines is 2. The Morgan fingerprint density at radius 1 is 1.08 bits per heavy atom. The zero-order valence-corrected chi connectivity index (χ0v) is 16.6. The number of benzene rings is 1. The Labute approximate surface area is 156 Å². The summed E-state index contributed by atoms with van der Waals surface area (Å²) in [6.45, 7) is 6.11. The summed E-state index contributed by atoms with van der Waals surface area (Å²) in [4.78, 5) is 18.6. The van der Waals surface area contributed by atoms with Gasteiger partial charge in [0.05, 0.1) is 0 Å². The van der Waals surface area contributed by atoms with Gasteiger partial charge in [-0.05, 0) is 0 Å². The van der Waals surface area contributed by atoms with Crippen LogP contribution in [-0.2, 0) is 0 Å². The Balaban J connectivity index is 1.83. The van der Waals surface area contributed by atoms with Crippen LogP contribution >= 0.6 is 0 Å². The Morgan fingerprint density at radius 2 is 1.80 bits per heavy atom. The summed E-state index contributed by atoms with van der Waals surface area (Å²) < 4.78 is 1.37.